The summed E-state index contributed by atoms with van der Waals surface area (Å²) in [6.07, 6.45) is -4.48. The van der Waals surface area contributed by atoms with Gasteiger partial charge in [-0.3, -0.25) is 14.9 Å². The molecule has 1 N–H and O–H groups in total. The van der Waals surface area contributed by atoms with E-state index in [1.807, 2.05) is 6.92 Å². The van der Waals surface area contributed by atoms with Crippen molar-refractivity contribution < 1.29 is 27.6 Å². The normalized spacial score (nSPS) is 11.3. The number of aromatic nitrogens is 3. The van der Waals surface area contributed by atoms with Gasteiger partial charge in [-0.1, -0.05) is 29.4 Å². The molecule has 9 nitrogen and oxygen atoms in total. The van der Waals surface area contributed by atoms with E-state index in [-0.39, 0.29) is 34.5 Å². The molecule has 0 radical (unpaired) electrons. The zero-order valence-electron chi connectivity index (χ0n) is 17.5. The average molecular weight is 516 g/mol. The first-order valence-electron chi connectivity index (χ1n) is 9.67. The molecule has 34 heavy (non-hydrogen) atoms. The third kappa shape index (κ3) is 6.38. The number of nitrogens with one attached hydrogen (secondary N) is 1. The Balaban J connectivity index is 1.61. The van der Waals surface area contributed by atoms with E-state index >= 15 is 0 Å². The number of ether oxygens (including phenoxy) is 1. The summed E-state index contributed by atoms with van der Waals surface area (Å²) in [7, 11) is 0. The summed E-state index contributed by atoms with van der Waals surface area (Å²) >= 11 is 6.83. The molecule has 3 rings (SSSR count). The predicted molar refractivity (Wildman–Crippen MR) is 119 cm³/mol. The topological polar surface area (TPSA) is 112 Å². The van der Waals surface area contributed by atoms with Gasteiger partial charge in [-0.15, -0.1) is 10.2 Å². The molecule has 0 saturated carbocycles. The van der Waals surface area contributed by atoms with Crippen molar-refractivity contribution >= 4 is 40.6 Å². The number of nitro groups is 1. The highest BCUT2D eigenvalue weighted by Crippen LogP contribution is 2.31. The van der Waals surface area contributed by atoms with Gasteiger partial charge < -0.3 is 14.6 Å². The van der Waals surface area contributed by atoms with E-state index in [1.54, 1.807) is 4.57 Å². The van der Waals surface area contributed by atoms with Gasteiger partial charge in [0, 0.05) is 18.3 Å². The van der Waals surface area contributed by atoms with Crippen molar-refractivity contribution in [3.05, 3.63) is 69.0 Å². The number of anilines is 1. The summed E-state index contributed by atoms with van der Waals surface area (Å²) < 4.78 is 45.7. The lowest BCUT2D eigenvalue weighted by Crippen LogP contribution is -2.15. The summed E-state index contributed by atoms with van der Waals surface area (Å²) in [4.78, 5) is 22.6. The predicted octanol–water partition coefficient (Wildman–Crippen LogP) is 5.19. The molecule has 1 aromatic heterocycles. The molecule has 0 aliphatic carbocycles. The van der Waals surface area contributed by atoms with Crippen molar-refractivity contribution in [2.75, 3.05) is 11.1 Å². The minimum Gasteiger partial charge on any atom is -0.486 e. The van der Waals surface area contributed by atoms with Crippen LogP contribution in [0.4, 0.5) is 24.5 Å². The molecule has 0 saturated heterocycles. The van der Waals surface area contributed by atoms with Crippen molar-refractivity contribution in [2.24, 2.45) is 0 Å². The zero-order chi connectivity index (χ0) is 24.9. The third-order valence-corrected chi connectivity index (χ3v) is 5.68. The van der Waals surface area contributed by atoms with E-state index in [9.17, 15) is 28.1 Å². The van der Waals surface area contributed by atoms with E-state index < -0.39 is 22.6 Å². The number of carbonyl (C=O) groups is 1. The Morgan fingerprint density at radius 2 is 2.03 bits per heavy atom. The molecule has 14 heteroatoms. The van der Waals surface area contributed by atoms with E-state index in [1.165, 1.54) is 24.3 Å². The van der Waals surface area contributed by atoms with Gasteiger partial charge in [0.25, 0.3) is 5.69 Å². The van der Waals surface area contributed by atoms with Crippen LogP contribution in [0.25, 0.3) is 0 Å². The van der Waals surface area contributed by atoms with E-state index in [4.69, 9.17) is 16.3 Å². The van der Waals surface area contributed by atoms with Gasteiger partial charge in [0.2, 0.25) is 5.91 Å². The van der Waals surface area contributed by atoms with Crippen molar-refractivity contribution in [3.8, 4) is 5.75 Å². The Hall–Kier alpha value is -3.32. The molecule has 0 unspecified atom stereocenters. The highest BCUT2D eigenvalue weighted by molar-refractivity contribution is 7.99. The highest BCUT2D eigenvalue weighted by atomic mass is 35.5. The summed E-state index contributed by atoms with van der Waals surface area (Å²) in [5, 5.41) is 21.9. The van der Waals surface area contributed by atoms with E-state index in [2.05, 4.69) is 15.5 Å². The van der Waals surface area contributed by atoms with Gasteiger partial charge in [-0.25, -0.2) is 0 Å². The third-order valence-electron chi connectivity index (χ3n) is 4.40. The second kappa shape index (κ2) is 10.7. The largest absolute Gasteiger partial charge is 0.486 e. The Morgan fingerprint density at radius 1 is 1.26 bits per heavy atom. The van der Waals surface area contributed by atoms with Gasteiger partial charge in [0.15, 0.2) is 11.0 Å². The number of nitro benzene ring substituents is 1. The van der Waals surface area contributed by atoms with Crippen LogP contribution in [0.1, 0.15) is 18.3 Å². The minimum atomic E-state index is -4.48. The lowest BCUT2D eigenvalue weighted by Gasteiger charge is -2.11. The Kier molecular flexibility index (Phi) is 7.99. The van der Waals surface area contributed by atoms with Gasteiger partial charge in [0.1, 0.15) is 17.4 Å². The van der Waals surface area contributed by atoms with Gasteiger partial charge in [-0.05, 0) is 37.3 Å². The molecule has 0 bridgehead atoms. The number of hydrogen-bond acceptors (Lipinski definition) is 7. The fourth-order valence-electron chi connectivity index (χ4n) is 2.82. The molecule has 1 heterocycles. The van der Waals surface area contributed by atoms with Crippen molar-refractivity contribution in [3.63, 3.8) is 0 Å². The van der Waals surface area contributed by atoms with Crippen LogP contribution in [0.5, 0.6) is 5.75 Å². The molecule has 0 aliphatic rings. The summed E-state index contributed by atoms with van der Waals surface area (Å²) in [6, 6.07) is 8.41. The highest BCUT2D eigenvalue weighted by Gasteiger charge is 2.30. The van der Waals surface area contributed by atoms with Crippen LogP contribution < -0.4 is 10.1 Å². The van der Waals surface area contributed by atoms with Crippen LogP contribution in [0.2, 0.25) is 5.02 Å². The van der Waals surface area contributed by atoms with Crippen molar-refractivity contribution in [1.82, 2.24) is 14.8 Å². The number of nitrogens with zero attached hydrogens (tertiary/aromatic N) is 4. The number of hydrogen-bond donors (Lipinski definition) is 1. The van der Waals surface area contributed by atoms with Gasteiger partial charge >= 0.3 is 6.18 Å². The van der Waals surface area contributed by atoms with Crippen molar-refractivity contribution in [1.29, 1.82) is 0 Å². The lowest BCUT2D eigenvalue weighted by molar-refractivity contribution is -0.384. The fraction of sp³-hybridized carbons (Fsp3) is 0.250. The second-order valence-electron chi connectivity index (χ2n) is 6.72. The monoisotopic (exact) mass is 515 g/mol. The first-order chi connectivity index (χ1) is 16.1. The zero-order valence-corrected chi connectivity index (χ0v) is 19.1. The molecular weight excluding hydrogens is 499 g/mol. The van der Waals surface area contributed by atoms with Crippen LogP contribution >= 0.6 is 23.4 Å². The Morgan fingerprint density at radius 3 is 2.71 bits per heavy atom. The second-order valence-corrected chi connectivity index (χ2v) is 8.07. The summed E-state index contributed by atoms with van der Waals surface area (Å²) in [5.41, 5.74) is -0.938. The molecule has 0 aliphatic heterocycles. The maximum absolute atomic E-state index is 12.9. The number of rotatable bonds is 9. The molecule has 180 valence electrons. The number of amides is 1. The minimum absolute atomic E-state index is 0.0334. The number of carbonyl (C=O) groups excluding carboxylic acids is 1. The number of alkyl halides is 3. The van der Waals surface area contributed by atoms with Crippen LogP contribution in [0, 0.1) is 10.1 Å². The van der Waals surface area contributed by atoms with Crippen molar-refractivity contribution in [2.45, 2.75) is 31.4 Å². The van der Waals surface area contributed by atoms with Crippen LogP contribution in [0.3, 0.4) is 0 Å². The van der Waals surface area contributed by atoms with Gasteiger partial charge in [-0.2, -0.15) is 13.2 Å². The SMILES string of the molecule is CCn1c(COc2cccc(C(F)(F)F)c2)nnc1SCC(=O)Nc1ccc(Cl)c([N+](=O)[O-])c1. The number of benzene rings is 2. The number of halogens is 4. The maximum Gasteiger partial charge on any atom is 0.416 e. The molecular formula is C20H17ClF3N5O4S. The van der Waals surface area contributed by atoms with Crippen LogP contribution in [-0.4, -0.2) is 31.3 Å². The molecule has 0 spiro atoms. The maximum atomic E-state index is 12.9. The Labute approximate surface area is 200 Å². The first-order valence-corrected chi connectivity index (χ1v) is 11.0. The number of thioether (sulfide) groups is 1. The standard InChI is InChI=1S/C20H17ClF3N5O4S/c1-2-28-17(10-33-14-5-3-4-12(8-14)20(22,23)24)26-27-19(28)34-11-18(30)25-13-6-7-15(21)16(9-13)29(31)32/h3-9H,2,10-11H2,1H3,(H,25,30). The van der Waals surface area contributed by atoms with E-state index in [0.717, 1.165) is 30.0 Å². The molecule has 0 fully saturated rings. The Bertz CT molecular complexity index is 1210. The fourth-order valence-corrected chi connectivity index (χ4v) is 3.83. The molecule has 2 aromatic carbocycles. The summed E-state index contributed by atoms with van der Waals surface area (Å²) in [5.74, 6) is -0.0976. The van der Waals surface area contributed by atoms with Gasteiger partial charge in [0.05, 0.1) is 16.2 Å². The van der Waals surface area contributed by atoms with E-state index in [0.29, 0.717) is 17.5 Å². The molecule has 0 atom stereocenters. The van der Waals surface area contributed by atoms with Crippen LogP contribution in [0.15, 0.2) is 47.6 Å². The molecule has 3 aromatic rings. The smallest absolute Gasteiger partial charge is 0.416 e. The summed E-state index contributed by atoms with van der Waals surface area (Å²) in [6.45, 7) is 2.12. The average Bonchev–Trinajstić information content (AvgIpc) is 3.18. The lowest BCUT2D eigenvalue weighted by atomic mass is 10.2. The quantitative estimate of drug-likeness (QED) is 0.237. The first kappa shape index (κ1) is 25.3. The molecule has 1 amide bonds. The van der Waals surface area contributed by atoms with Crippen LogP contribution in [-0.2, 0) is 24.1 Å².